The molecule has 1 aliphatic rings. The Morgan fingerprint density at radius 2 is 1.59 bits per heavy atom. The molecule has 0 saturated carbocycles. The van der Waals surface area contributed by atoms with Gasteiger partial charge < -0.3 is 4.74 Å². The van der Waals surface area contributed by atoms with Gasteiger partial charge in [0.1, 0.15) is 10.6 Å². The summed E-state index contributed by atoms with van der Waals surface area (Å²) in [6, 6.07) is 9.14. The van der Waals surface area contributed by atoms with Gasteiger partial charge >= 0.3 is 0 Å². The molecule has 29 heavy (non-hydrogen) atoms. The van der Waals surface area contributed by atoms with Crippen LogP contribution in [0, 0.1) is 13.8 Å². The molecule has 1 N–H and O–H groups in total. The van der Waals surface area contributed by atoms with Crippen LogP contribution in [0.5, 0.6) is 5.75 Å². The molecule has 2 aromatic carbocycles. The molecular weight excluding hydrogens is 412 g/mol. The zero-order valence-corrected chi connectivity index (χ0v) is 18.4. The Balaban J connectivity index is 1.97. The van der Waals surface area contributed by atoms with E-state index in [4.69, 9.17) is 4.74 Å². The number of ether oxygens (including phenoxy) is 1. The summed E-state index contributed by atoms with van der Waals surface area (Å²) in [7, 11) is -6.25. The fourth-order valence-corrected chi connectivity index (χ4v) is 6.11. The molecule has 3 rings (SSSR count). The number of hydrogen-bond donors (Lipinski definition) is 1. The number of sulfonamides is 2. The van der Waals surface area contributed by atoms with Crippen LogP contribution in [0.15, 0.2) is 46.2 Å². The molecule has 0 atom stereocenters. The van der Waals surface area contributed by atoms with E-state index in [1.165, 1.54) is 35.7 Å². The van der Waals surface area contributed by atoms with Gasteiger partial charge in [-0.25, -0.2) is 16.8 Å². The topological polar surface area (TPSA) is 92.8 Å². The lowest BCUT2D eigenvalue weighted by Gasteiger charge is -2.26. The summed E-state index contributed by atoms with van der Waals surface area (Å²) in [5, 5.41) is 0. The third-order valence-corrected chi connectivity index (χ3v) is 8.44. The Bertz CT molecular complexity index is 1110. The smallest absolute Gasteiger partial charge is 0.261 e. The third kappa shape index (κ3) is 4.57. The molecule has 0 unspecified atom stereocenters. The summed E-state index contributed by atoms with van der Waals surface area (Å²) in [6.07, 6.45) is 2.61. The van der Waals surface area contributed by atoms with Gasteiger partial charge in [0.2, 0.25) is 10.0 Å². The van der Waals surface area contributed by atoms with Gasteiger partial charge in [-0.2, -0.15) is 4.31 Å². The zero-order chi connectivity index (χ0) is 21.2. The lowest BCUT2D eigenvalue weighted by Crippen LogP contribution is -2.35. The van der Waals surface area contributed by atoms with Gasteiger partial charge in [-0.3, -0.25) is 4.72 Å². The van der Waals surface area contributed by atoms with Crippen LogP contribution >= 0.6 is 0 Å². The van der Waals surface area contributed by atoms with Gasteiger partial charge in [0.15, 0.2) is 0 Å². The van der Waals surface area contributed by atoms with Crippen LogP contribution in [0.2, 0.25) is 0 Å². The molecule has 0 radical (unpaired) electrons. The first-order valence-electron chi connectivity index (χ1n) is 9.43. The molecule has 1 saturated heterocycles. The van der Waals surface area contributed by atoms with Gasteiger partial charge in [0, 0.05) is 13.1 Å². The van der Waals surface area contributed by atoms with E-state index < -0.39 is 20.0 Å². The molecule has 0 amide bonds. The zero-order valence-electron chi connectivity index (χ0n) is 16.8. The Morgan fingerprint density at radius 3 is 2.21 bits per heavy atom. The molecule has 0 aliphatic carbocycles. The van der Waals surface area contributed by atoms with E-state index in [0.717, 1.165) is 30.4 Å². The van der Waals surface area contributed by atoms with Crippen LogP contribution in [-0.2, 0) is 20.0 Å². The van der Waals surface area contributed by atoms with E-state index in [1.807, 2.05) is 13.8 Å². The van der Waals surface area contributed by atoms with Crippen molar-refractivity contribution < 1.29 is 21.6 Å². The highest BCUT2D eigenvalue weighted by Crippen LogP contribution is 2.32. The van der Waals surface area contributed by atoms with Crippen LogP contribution in [-0.4, -0.2) is 41.3 Å². The molecule has 1 fully saturated rings. The molecule has 1 heterocycles. The van der Waals surface area contributed by atoms with E-state index in [1.54, 1.807) is 12.1 Å². The van der Waals surface area contributed by atoms with Crippen LogP contribution in [0.4, 0.5) is 5.69 Å². The van der Waals surface area contributed by atoms with Crippen molar-refractivity contribution in [3.8, 4) is 5.75 Å². The Kier molecular flexibility index (Phi) is 6.21. The largest absolute Gasteiger partial charge is 0.495 e. The predicted molar refractivity (Wildman–Crippen MR) is 112 cm³/mol. The number of piperidine rings is 1. The standard InChI is InChI=1S/C20H26N2O5S2/c1-15-7-9-18(13-16(15)2)28(23,24)21-17-8-10-19(27-3)20(14-17)29(25,26)22-11-5-4-6-12-22/h7-10,13-14,21H,4-6,11-12H2,1-3H3. The quantitative estimate of drug-likeness (QED) is 0.747. The fraction of sp³-hybridized carbons (Fsp3) is 0.400. The first-order valence-corrected chi connectivity index (χ1v) is 12.4. The maximum atomic E-state index is 13.1. The van der Waals surface area contributed by atoms with Crippen LogP contribution in [0.1, 0.15) is 30.4 Å². The highest BCUT2D eigenvalue weighted by atomic mass is 32.2. The minimum absolute atomic E-state index is 0.0396. The molecule has 0 spiro atoms. The Morgan fingerprint density at radius 1 is 0.897 bits per heavy atom. The van der Waals surface area contributed by atoms with E-state index in [9.17, 15) is 16.8 Å². The second-order valence-corrected chi connectivity index (χ2v) is 10.8. The lowest BCUT2D eigenvalue weighted by molar-refractivity contribution is 0.343. The number of aryl methyl sites for hydroxylation is 2. The number of nitrogens with one attached hydrogen (secondary N) is 1. The number of benzene rings is 2. The van der Waals surface area contributed by atoms with Crippen LogP contribution < -0.4 is 9.46 Å². The van der Waals surface area contributed by atoms with Crippen molar-refractivity contribution in [2.45, 2.75) is 42.9 Å². The highest BCUT2D eigenvalue weighted by molar-refractivity contribution is 7.92. The Labute approximate surface area is 172 Å². The lowest BCUT2D eigenvalue weighted by atomic mass is 10.1. The maximum Gasteiger partial charge on any atom is 0.261 e. The summed E-state index contributed by atoms with van der Waals surface area (Å²) >= 11 is 0. The average Bonchev–Trinajstić information content (AvgIpc) is 2.70. The predicted octanol–water partition coefficient (Wildman–Crippen LogP) is 3.29. The van der Waals surface area contributed by atoms with E-state index in [-0.39, 0.29) is 21.2 Å². The van der Waals surface area contributed by atoms with Crippen LogP contribution in [0.25, 0.3) is 0 Å². The summed E-state index contributed by atoms with van der Waals surface area (Å²) in [4.78, 5) is 0.0824. The molecule has 9 heteroatoms. The molecule has 2 aromatic rings. The minimum atomic E-state index is -3.86. The molecule has 158 valence electrons. The average molecular weight is 439 g/mol. The van der Waals surface area contributed by atoms with Crippen molar-refractivity contribution in [2.24, 2.45) is 0 Å². The third-order valence-electron chi connectivity index (χ3n) is 5.14. The number of hydrogen-bond acceptors (Lipinski definition) is 5. The summed E-state index contributed by atoms with van der Waals surface area (Å²) < 4.78 is 60.9. The van der Waals surface area contributed by atoms with Crippen molar-refractivity contribution in [3.63, 3.8) is 0 Å². The highest BCUT2D eigenvalue weighted by Gasteiger charge is 2.29. The minimum Gasteiger partial charge on any atom is -0.495 e. The number of rotatable bonds is 6. The van der Waals surface area contributed by atoms with E-state index >= 15 is 0 Å². The van der Waals surface area contributed by atoms with Crippen molar-refractivity contribution >= 4 is 25.7 Å². The van der Waals surface area contributed by atoms with Crippen molar-refractivity contribution in [1.82, 2.24) is 4.31 Å². The van der Waals surface area contributed by atoms with E-state index in [2.05, 4.69) is 4.72 Å². The van der Waals surface area contributed by atoms with Gasteiger partial charge in [0.25, 0.3) is 10.0 Å². The monoisotopic (exact) mass is 438 g/mol. The normalized spacial score (nSPS) is 15.8. The van der Waals surface area contributed by atoms with Gasteiger partial charge in [-0.15, -0.1) is 0 Å². The first-order chi connectivity index (χ1) is 13.6. The van der Waals surface area contributed by atoms with Crippen LogP contribution in [0.3, 0.4) is 0 Å². The fourth-order valence-electron chi connectivity index (χ4n) is 3.28. The van der Waals surface area contributed by atoms with Crippen molar-refractivity contribution in [1.29, 1.82) is 0 Å². The van der Waals surface area contributed by atoms with Gasteiger partial charge in [-0.05, 0) is 68.1 Å². The summed E-state index contributed by atoms with van der Waals surface area (Å²) in [5.41, 5.74) is 2.01. The van der Waals surface area contributed by atoms with Crippen molar-refractivity contribution in [2.75, 3.05) is 24.9 Å². The second kappa shape index (κ2) is 8.33. The Hall–Kier alpha value is -2.10. The maximum absolute atomic E-state index is 13.1. The van der Waals surface area contributed by atoms with Gasteiger partial charge in [0.05, 0.1) is 17.7 Å². The molecule has 7 nitrogen and oxygen atoms in total. The first kappa shape index (κ1) is 21.6. The number of methoxy groups -OCH3 is 1. The second-order valence-electron chi connectivity index (χ2n) is 7.18. The number of anilines is 1. The van der Waals surface area contributed by atoms with E-state index in [0.29, 0.717) is 13.1 Å². The summed E-state index contributed by atoms with van der Waals surface area (Å²) in [6.45, 7) is 4.64. The summed E-state index contributed by atoms with van der Waals surface area (Å²) in [5.74, 6) is 0.185. The van der Waals surface area contributed by atoms with Crippen molar-refractivity contribution in [3.05, 3.63) is 47.5 Å². The number of nitrogens with zero attached hydrogens (tertiary/aromatic N) is 1. The molecular formula is C20H26N2O5S2. The molecule has 0 bridgehead atoms. The van der Waals surface area contributed by atoms with Gasteiger partial charge in [-0.1, -0.05) is 12.5 Å². The molecule has 1 aliphatic heterocycles. The SMILES string of the molecule is COc1ccc(NS(=O)(=O)c2ccc(C)c(C)c2)cc1S(=O)(=O)N1CCCCC1. The molecule has 0 aromatic heterocycles.